The molecule has 0 amide bonds. The molecule has 0 fully saturated rings. The Morgan fingerprint density at radius 2 is 1.95 bits per heavy atom. The molecule has 2 nitrogen and oxygen atoms in total. The number of pyridine rings is 1. The molecule has 0 aliphatic heterocycles. The number of halogens is 1. The quantitative estimate of drug-likeness (QED) is 0.718. The fraction of sp³-hybridized carbons (Fsp3) is 0.118. The van der Waals surface area contributed by atoms with Crippen molar-refractivity contribution >= 4 is 32.4 Å². The van der Waals surface area contributed by atoms with Crippen molar-refractivity contribution in [2.45, 2.75) is 13.0 Å². The van der Waals surface area contributed by atoms with E-state index in [1.807, 2.05) is 24.5 Å². The molecule has 0 aliphatic carbocycles. The van der Waals surface area contributed by atoms with Crippen LogP contribution in [0.4, 0.5) is 5.69 Å². The molecule has 0 spiro atoms. The van der Waals surface area contributed by atoms with Crippen molar-refractivity contribution in [1.29, 1.82) is 0 Å². The van der Waals surface area contributed by atoms with Crippen molar-refractivity contribution in [3.63, 3.8) is 0 Å². The maximum absolute atomic E-state index is 4.22. The predicted octanol–water partition coefficient (Wildman–Crippen LogP) is 5.17. The number of nitrogens with zero attached hydrogens (tertiary/aromatic N) is 1. The highest BCUT2D eigenvalue weighted by atomic mass is 79.9. The van der Waals surface area contributed by atoms with Gasteiger partial charge in [-0.05, 0) is 42.1 Å². The van der Waals surface area contributed by atoms with Gasteiger partial charge in [-0.2, -0.15) is 0 Å². The van der Waals surface area contributed by atoms with Crippen LogP contribution in [-0.2, 0) is 0 Å². The van der Waals surface area contributed by atoms with Gasteiger partial charge in [-0.3, -0.25) is 4.98 Å². The second-order valence-electron chi connectivity index (χ2n) is 4.82. The number of fused-ring (bicyclic) bond motifs is 1. The monoisotopic (exact) mass is 326 g/mol. The molecule has 0 aliphatic rings. The number of nitrogens with one attached hydrogen (secondary N) is 1. The Morgan fingerprint density at radius 3 is 2.80 bits per heavy atom. The molecule has 1 heterocycles. The van der Waals surface area contributed by atoms with E-state index < -0.39 is 0 Å². The van der Waals surface area contributed by atoms with Crippen LogP contribution in [0.3, 0.4) is 0 Å². The lowest BCUT2D eigenvalue weighted by Crippen LogP contribution is -2.06. The minimum absolute atomic E-state index is 0.235. The Bertz CT molecular complexity index is 734. The number of benzene rings is 2. The zero-order chi connectivity index (χ0) is 13.9. The molecule has 2 aromatic carbocycles. The summed E-state index contributed by atoms with van der Waals surface area (Å²) in [5.41, 5.74) is 2.36. The number of hydrogen-bond acceptors (Lipinski definition) is 2. The van der Waals surface area contributed by atoms with E-state index in [1.54, 1.807) is 0 Å². The van der Waals surface area contributed by atoms with E-state index in [9.17, 15) is 0 Å². The van der Waals surface area contributed by atoms with Crippen LogP contribution in [0, 0.1) is 0 Å². The summed E-state index contributed by atoms with van der Waals surface area (Å²) in [5.74, 6) is 0. The van der Waals surface area contributed by atoms with Gasteiger partial charge in [0.15, 0.2) is 0 Å². The Labute approximate surface area is 127 Å². The minimum Gasteiger partial charge on any atom is -0.378 e. The summed E-state index contributed by atoms with van der Waals surface area (Å²) < 4.78 is 1.10. The summed E-state index contributed by atoms with van der Waals surface area (Å²) >= 11 is 3.52. The largest absolute Gasteiger partial charge is 0.378 e. The molecule has 3 heteroatoms. The van der Waals surface area contributed by atoms with Gasteiger partial charge < -0.3 is 5.32 Å². The first-order valence-corrected chi connectivity index (χ1v) is 7.38. The van der Waals surface area contributed by atoms with E-state index in [1.165, 1.54) is 10.9 Å². The second-order valence-corrected chi connectivity index (χ2v) is 5.74. The van der Waals surface area contributed by atoms with Crippen LogP contribution in [0.25, 0.3) is 10.8 Å². The summed E-state index contributed by atoms with van der Waals surface area (Å²) in [6.45, 7) is 2.16. The third-order valence-electron chi connectivity index (χ3n) is 3.40. The third kappa shape index (κ3) is 2.68. The Kier molecular flexibility index (Phi) is 3.70. The first-order chi connectivity index (χ1) is 9.74. The van der Waals surface area contributed by atoms with Crippen molar-refractivity contribution in [1.82, 2.24) is 4.98 Å². The molecular formula is C17H15BrN2. The smallest absolute Gasteiger partial charge is 0.0486 e. The van der Waals surface area contributed by atoms with Gasteiger partial charge >= 0.3 is 0 Å². The summed E-state index contributed by atoms with van der Waals surface area (Å²) in [7, 11) is 0. The van der Waals surface area contributed by atoms with Crippen molar-refractivity contribution < 1.29 is 0 Å². The highest BCUT2D eigenvalue weighted by molar-refractivity contribution is 9.10. The van der Waals surface area contributed by atoms with Gasteiger partial charge in [-0.15, -0.1) is 0 Å². The summed E-state index contributed by atoms with van der Waals surface area (Å²) in [4.78, 5) is 4.22. The molecule has 0 radical (unpaired) electrons. The van der Waals surface area contributed by atoms with E-state index in [4.69, 9.17) is 0 Å². The van der Waals surface area contributed by atoms with Crippen molar-refractivity contribution in [2.24, 2.45) is 0 Å². The Balaban J connectivity index is 1.93. The molecule has 0 bridgehead atoms. The highest BCUT2D eigenvalue weighted by Crippen LogP contribution is 2.27. The van der Waals surface area contributed by atoms with Gasteiger partial charge in [0.05, 0.1) is 0 Å². The zero-order valence-corrected chi connectivity index (χ0v) is 12.8. The van der Waals surface area contributed by atoms with E-state index in [0.717, 1.165) is 15.5 Å². The average molecular weight is 327 g/mol. The Hall–Kier alpha value is -1.87. The first-order valence-electron chi connectivity index (χ1n) is 6.59. The van der Waals surface area contributed by atoms with E-state index >= 15 is 0 Å². The average Bonchev–Trinajstić information content (AvgIpc) is 2.47. The zero-order valence-electron chi connectivity index (χ0n) is 11.2. The van der Waals surface area contributed by atoms with E-state index in [0.29, 0.717) is 0 Å². The lowest BCUT2D eigenvalue weighted by Gasteiger charge is -2.17. The van der Waals surface area contributed by atoms with Crippen LogP contribution in [-0.4, -0.2) is 4.98 Å². The van der Waals surface area contributed by atoms with Crippen molar-refractivity contribution in [2.75, 3.05) is 5.32 Å². The standard InChI is InChI=1S/C17H15BrN2/c1-12(14-5-2-6-15(18)10-14)20-17-7-3-4-13-8-9-19-11-16(13)17/h2-12,20H,1H3. The van der Waals surface area contributed by atoms with Crippen molar-refractivity contribution in [3.05, 3.63) is 71.0 Å². The van der Waals surface area contributed by atoms with Crippen LogP contribution in [0.2, 0.25) is 0 Å². The molecule has 1 N–H and O–H groups in total. The number of anilines is 1. The number of hydrogen-bond donors (Lipinski definition) is 1. The predicted molar refractivity (Wildman–Crippen MR) is 87.9 cm³/mol. The second kappa shape index (κ2) is 5.63. The number of aromatic nitrogens is 1. The van der Waals surface area contributed by atoms with Gasteiger partial charge in [0.1, 0.15) is 0 Å². The number of rotatable bonds is 3. The fourth-order valence-electron chi connectivity index (χ4n) is 2.33. The lowest BCUT2D eigenvalue weighted by molar-refractivity contribution is 0.885. The van der Waals surface area contributed by atoms with E-state index in [-0.39, 0.29) is 6.04 Å². The molecular weight excluding hydrogens is 312 g/mol. The molecule has 1 aromatic heterocycles. The molecule has 0 saturated carbocycles. The maximum Gasteiger partial charge on any atom is 0.0486 e. The Morgan fingerprint density at radius 1 is 1.10 bits per heavy atom. The molecule has 1 unspecified atom stereocenters. The highest BCUT2D eigenvalue weighted by Gasteiger charge is 2.07. The van der Waals surface area contributed by atoms with Crippen LogP contribution < -0.4 is 5.32 Å². The minimum atomic E-state index is 0.235. The molecule has 0 saturated heterocycles. The van der Waals surface area contributed by atoms with Crippen molar-refractivity contribution in [3.8, 4) is 0 Å². The SMILES string of the molecule is CC(Nc1cccc2ccncc12)c1cccc(Br)c1. The van der Waals surface area contributed by atoms with Gasteiger partial charge in [0, 0.05) is 34.0 Å². The van der Waals surface area contributed by atoms with Crippen LogP contribution >= 0.6 is 15.9 Å². The molecule has 3 aromatic rings. The summed E-state index contributed by atoms with van der Waals surface area (Å²) in [5, 5.41) is 5.92. The molecule has 3 rings (SSSR count). The molecule has 100 valence electrons. The summed E-state index contributed by atoms with van der Waals surface area (Å²) in [6, 6.07) is 16.9. The van der Waals surface area contributed by atoms with Crippen LogP contribution in [0.1, 0.15) is 18.5 Å². The molecule has 1 atom stereocenters. The molecule has 20 heavy (non-hydrogen) atoms. The van der Waals surface area contributed by atoms with Gasteiger partial charge in [0.25, 0.3) is 0 Å². The summed E-state index contributed by atoms with van der Waals surface area (Å²) in [6.07, 6.45) is 3.73. The lowest BCUT2D eigenvalue weighted by atomic mass is 10.1. The maximum atomic E-state index is 4.22. The third-order valence-corrected chi connectivity index (χ3v) is 3.90. The normalized spacial score (nSPS) is 12.3. The van der Waals surface area contributed by atoms with Gasteiger partial charge in [0.2, 0.25) is 0 Å². The van der Waals surface area contributed by atoms with Gasteiger partial charge in [-0.1, -0.05) is 40.2 Å². The van der Waals surface area contributed by atoms with E-state index in [2.05, 4.69) is 69.6 Å². The van der Waals surface area contributed by atoms with Gasteiger partial charge in [-0.25, -0.2) is 0 Å². The van der Waals surface area contributed by atoms with Crippen LogP contribution in [0.15, 0.2) is 65.4 Å². The topological polar surface area (TPSA) is 24.9 Å². The fourth-order valence-corrected chi connectivity index (χ4v) is 2.75. The first kappa shape index (κ1) is 13.1. The van der Waals surface area contributed by atoms with Crippen LogP contribution in [0.5, 0.6) is 0 Å².